The van der Waals surface area contributed by atoms with Gasteiger partial charge in [-0.3, -0.25) is 28.8 Å². The molecule has 4 aliphatic rings. The molecule has 0 saturated carbocycles. The van der Waals surface area contributed by atoms with Gasteiger partial charge in [-0.25, -0.2) is 9.78 Å². The first-order chi connectivity index (χ1) is 28.6. The molecule has 3 aromatic carbocycles. The Morgan fingerprint density at radius 3 is 2.47 bits per heavy atom. The highest BCUT2D eigenvalue weighted by Crippen LogP contribution is 2.42. The number of thiophene rings is 1. The zero-order valence-electron chi connectivity index (χ0n) is 33.2. The lowest BCUT2D eigenvalue weighted by atomic mass is 9.88. The van der Waals surface area contributed by atoms with E-state index in [2.05, 4.69) is 68.2 Å². The van der Waals surface area contributed by atoms with Crippen LogP contribution < -0.4 is 26.5 Å². The Balaban J connectivity index is 0.755. The fraction of sp³-hybridized carbons (Fsp3) is 0.400. The van der Waals surface area contributed by atoms with Crippen LogP contribution in [0.5, 0.6) is 0 Å². The highest BCUT2D eigenvalue weighted by molar-refractivity contribution is 7.21. The van der Waals surface area contributed by atoms with Crippen molar-refractivity contribution < 1.29 is 14.4 Å². The summed E-state index contributed by atoms with van der Waals surface area (Å²) in [6, 6.07) is 20.2. The Kier molecular flexibility index (Phi) is 9.72. The number of imide groups is 1. The number of rotatable bonds is 6. The quantitative estimate of drug-likeness (QED) is 0.152. The summed E-state index contributed by atoms with van der Waals surface area (Å²) >= 11 is 8.50. The van der Waals surface area contributed by atoms with Crippen molar-refractivity contribution in [2.45, 2.75) is 63.5 Å². The van der Waals surface area contributed by atoms with Crippen LogP contribution in [0.25, 0.3) is 43.3 Å². The van der Waals surface area contributed by atoms with E-state index in [1.54, 1.807) is 16.2 Å². The van der Waals surface area contributed by atoms with Crippen molar-refractivity contribution in [2.75, 3.05) is 49.5 Å². The van der Waals surface area contributed by atoms with Crippen LogP contribution in [0.4, 0.5) is 11.4 Å². The summed E-state index contributed by atoms with van der Waals surface area (Å²) in [5.74, 6) is 0.338. The number of aromatic nitrogens is 3. The summed E-state index contributed by atoms with van der Waals surface area (Å²) in [7, 11) is 1.76. The van der Waals surface area contributed by atoms with E-state index in [-0.39, 0.29) is 30.0 Å². The molecule has 10 rings (SSSR count). The Bertz CT molecular complexity index is 2740. The molecule has 6 aromatic rings. The third-order valence-corrected chi connectivity index (χ3v) is 14.6. The van der Waals surface area contributed by atoms with E-state index in [4.69, 9.17) is 16.6 Å². The Morgan fingerprint density at radius 1 is 0.881 bits per heavy atom. The number of amides is 3. The van der Waals surface area contributed by atoms with Gasteiger partial charge in [0, 0.05) is 72.4 Å². The lowest BCUT2D eigenvalue weighted by Gasteiger charge is -2.38. The molecule has 0 spiro atoms. The molecular formula is C45H47ClN8O4S. The number of benzene rings is 3. The van der Waals surface area contributed by atoms with E-state index >= 15 is 0 Å². The molecule has 0 aliphatic carbocycles. The molecular weight excluding hydrogens is 784 g/mol. The lowest BCUT2D eigenvalue weighted by Crippen LogP contribution is -2.44. The number of halogens is 1. The van der Waals surface area contributed by atoms with Crippen molar-refractivity contribution in [2.24, 2.45) is 13.0 Å². The maximum absolute atomic E-state index is 13.3. The third kappa shape index (κ3) is 6.86. The van der Waals surface area contributed by atoms with Crippen molar-refractivity contribution in [1.29, 1.82) is 0 Å². The SMILES string of the molecule is C[C@@H]1CNc2c(sc3ccc4nc(-c5ccc(N6CCC(CN7CCC(c8ccc9c(c8)n(C)c(=O)n9C8CCC(=O)NC8=O)CC7)CC6)cc5Cl)ccc4c23)C(=O)N1. The number of fused-ring (bicyclic) bond motifs is 6. The second-order valence-corrected chi connectivity index (χ2v) is 18.3. The largest absolute Gasteiger partial charge is 0.381 e. The van der Waals surface area contributed by atoms with Crippen LogP contribution in [0.1, 0.15) is 72.6 Å². The van der Waals surface area contributed by atoms with E-state index in [0.717, 1.165) is 113 Å². The Hall–Kier alpha value is -5.24. The van der Waals surface area contributed by atoms with Crippen LogP contribution in [0.15, 0.2) is 65.5 Å². The second kappa shape index (κ2) is 15.1. The molecule has 3 amide bonds. The van der Waals surface area contributed by atoms with E-state index in [1.807, 2.05) is 25.1 Å². The maximum Gasteiger partial charge on any atom is 0.329 e. The average molecular weight is 831 g/mol. The molecule has 59 heavy (non-hydrogen) atoms. The van der Waals surface area contributed by atoms with Gasteiger partial charge in [-0.15, -0.1) is 11.3 Å². The van der Waals surface area contributed by atoms with Gasteiger partial charge in [0.1, 0.15) is 10.9 Å². The first-order valence-corrected chi connectivity index (χ1v) is 22.0. The predicted molar refractivity (Wildman–Crippen MR) is 235 cm³/mol. The minimum Gasteiger partial charge on any atom is -0.381 e. The standard InChI is InChI=1S/C45H47ClN8O4S/c1-25-23-47-41-40-31-6-7-33(49-34(31)8-11-38(40)59-42(41)44(57)48-25)30-5-4-29(22-32(30)46)53-19-13-26(14-20-53)24-52-17-15-27(16-18-52)28-3-9-35-37(21-28)51(2)45(58)54(35)36-10-12-39(55)50-43(36)56/h3-9,11,21-22,25-27,36,47H,10,12-20,23-24H2,1-2H3,(H,48,57)(H,50,55,56)/t25-,36?/m1/s1. The molecule has 0 bridgehead atoms. The number of nitrogens with one attached hydrogen (secondary N) is 3. The van der Waals surface area contributed by atoms with Crippen molar-refractivity contribution in [3.63, 3.8) is 0 Å². The molecule has 2 atom stereocenters. The summed E-state index contributed by atoms with van der Waals surface area (Å²) in [5, 5.41) is 11.7. The van der Waals surface area contributed by atoms with Crippen LogP contribution >= 0.6 is 22.9 Å². The maximum atomic E-state index is 13.3. The zero-order valence-corrected chi connectivity index (χ0v) is 34.8. The van der Waals surface area contributed by atoms with Gasteiger partial charge in [0.05, 0.1) is 33.0 Å². The summed E-state index contributed by atoms with van der Waals surface area (Å²) in [4.78, 5) is 61.3. The van der Waals surface area contributed by atoms with E-state index in [9.17, 15) is 19.2 Å². The number of pyridine rings is 1. The van der Waals surface area contributed by atoms with Crippen LogP contribution in [0.2, 0.25) is 5.02 Å². The molecule has 3 N–H and O–H groups in total. The molecule has 0 radical (unpaired) electrons. The van der Waals surface area contributed by atoms with Gasteiger partial charge >= 0.3 is 5.69 Å². The van der Waals surface area contributed by atoms with Crippen molar-refractivity contribution in [3.8, 4) is 11.3 Å². The topological polar surface area (TPSA) is 134 Å². The number of piperidine rings is 3. The van der Waals surface area contributed by atoms with Crippen molar-refractivity contribution in [3.05, 3.63) is 86.6 Å². The van der Waals surface area contributed by atoms with Crippen molar-refractivity contribution in [1.82, 2.24) is 29.7 Å². The normalized spacial score (nSPS) is 21.1. The highest BCUT2D eigenvalue weighted by Gasteiger charge is 2.32. The fourth-order valence-electron chi connectivity index (χ4n) is 9.84. The minimum absolute atomic E-state index is 0.0320. The number of imidazole rings is 1. The Labute approximate surface area is 350 Å². The number of aryl methyl sites for hydroxylation is 1. The van der Waals surface area contributed by atoms with Crippen LogP contribution in [-0.4, -0.2) is 82.1 Å². The summed E-state index contributed by atoms with van der Waals surface area (Å²) in [6.07, 6.45) is 4.97. The number of hydrogen-bond acceptors (Lipinski definition) is 9. The first-order valence-electron chi connectivity index (χ1n) is 20.8. The summed E-state index contributed by atoms with van der Waals surface area (Å²) < 4.78 is 4.25. The lowest BCUT2D eigenvalue weighted by molar-refractivity contribution is -0.135. The van der Waals surface area contributed by atoms with Gasteiger partial charge in [-0.2, -0.15) is 0 Å². The molecule has 3 saturated heterocycles. The summed E-state index contributed by atoms with van der Waals surface area (Å²) in [6.45, 7) is 7.87. The monoisotopic (exact) mass is 830 g/mol. The molecule has 14 heteroatoms. The molecule has 3 aromatic heterocycles. The highest BCUT2D eigenvalue weighted by atomic mass is 35.5. The van der Waals surface area contributed by atoms with Gasteiger partial charge in [-0.05, 0) is 124 Å². The minimum atomic E-state index is -0.673. The fourth-order valence-corrected chi connectivity index (χ4v) is 11.2. The van der Waals surface area contributed by atoms with Crippen LogP contribution in [0.3, 0.4) is 0 Å². The molecule has 3 fully saturated rings. The zero-order chi connectivity index (χ0) is 40.5. The average Bonchev–Trinajstić information content (AvgIpc) is 3.69. The molecule has 12 nitrogen and oxygen atoms in total. The number of carbonyl (C=O) groups is 3. The van der Waals surface area contributed by atoms with Gasteiger partial charge in [0.15, 0.2) is 0 Å². The van der Waals surface area contributed by atoms with Gasteiger partial charge in [0.25, 0.3) is 5.91 Å². The molecule has 304 valence electrons. The number of nitrogens with zero attached hydrogens (tertiary/aromatic N) is 5. The number of likely N-dealkylation sites (tertiary alicyclic amines) is 1. The molecule has 1 unspecified atom stereocenters. The number of anilines is 2. The van der Waals surface area contributed by atoms with Crippen molar-refractivity contribution >= 4 is 84.1 Å². The van der Waals surface area contributed by atoms with Gasteiger partial charge < -0.3 is 20.4 Å². The molecule has 4 aliphatic heterocycles. The molecule has 7 heterocycles. The predicted octanol–water partition coefficient (Wildman–Crippen LogP) is 7.04. The van der Waals surface area contributed by atoms with E-state index < -0.39 is 11.9 Å². The van der Waals surface area contributed by atoms with Gasteiger partial charge in [-0.1, -0.05) is 17.7 Å². The van der Waals surface area contributed by atoms with Crippen LogP contribution in [-0.2, 0) is 16.6 Å². The first kappa shape index (κ1) is 38.0. The van der Waals surface area contributed by atoms with E-state index in [1.165, 1.54) is 16.9 Å². The van der Waals surface area contributed by atoms with E-state index in [0.29, 0.717) is 34.7 Å². The second-order valence-electron chi connectivity index (χ2n) is 16.9. The van der Waals surface area contributed by atoms with Gasteiger partial charge in [0.2, 0.25) is 11.8 Å². The summed E-state index contributed by atoms with van der Waals surface area (Å²) in [5.41, 5.74) is 7.20. The number of hydrogen-bond donors (Lipinski definition) is 3. The smallest absolute Gasteiger partial charge is 0.329 e. The number of carbonyl (C=O) groups excluding carboxylic acids is 3. The Morgan fingerprint density at radius 2 is 1.69 bits per heavy atom. The third-order valence-electron chi connectivity index (χ3n) is 13.1. The van der Waals surface area contributed by atoms with Crippen LogP contribution in [0, 0.1) is 5.92 Å².